The fourth-order valence-corrected chi connectivity index (χ4v) is 2.57. The summed E-state index contributed by atoms with van der Waals surface area (Å²) in [6.07, 6.45) is 1.82. The van der Waals surface area contributed by atoms with Gasteiger partial charge in [-0.05, 0) is 46.6 Å². The Morgan fingerprint density at radius 2 is 2.00 bits per heavy atom. The monoisotopic (exact) mass is 256 g/mol. The smallest absolute Gasteiger partial charge is 0.410 e. The van der Waals surface area contributed by atoms with E-state index in [1.807, 2.05) is 25.7 Å². The van der Waals surface area contributed by atoms with E-state index < -0.39 is 5.60 Å². The third kappa shape index (κ3) is 3.14. The van der Waals surface area contributed by atoms with Gasteiger partial charge in [-0.25, -0.2) is 4.79 Å². The second kappa shape index (κ2) is 5.05. The first-order valence-corrected chi connectivity index (χ1v) is 6.77. The van der Waals surface area contributed by atoms with Crippen molar-refractivity contribution in [3.63, 3.8) is 0 Å². The summed E-state index contributed by atoms with van der Waals surface area (Å²) in [5.41, 5.74) is -0.469. The molecule has 0 aromatic rings. The minimum atomic E-state index is -0.469. The van der Waals surface area contributed by atoms with Gasteiger partial charge in [0, 0.05) is 18.6 Å². The molecule has 1 saturated heterocycles. The summed E-state index contributed by atoms with van der Waals surface area (Å²) in [6.45, 7) is 7.41. The zero-order valence-corrected chi connectivity index (χ0v) is 11.5. The number of rotatable bonds is 2. The molecule has 1 saturated carbocycles. The molecule has 2 aliphatic rings. The predicted octanol–water partition coefficient (Wildman–Crippen LogP) is 1.11. The molecule has 0 aromatic carbocycles. The van der Waals surface area contributed by atoms with Gasteiger partial charge < -0.3 is 20.1 Å². The molecule has 18 heavy (non-hydrogen) atoms. The fourth-order valence-electron chi connectivity index (χ4n) is 2.57. The first-order valence-electron chi connectivity index (χ1n) is 6.77. The van der Waals surface area contributed by atoms with Crippen molar-refractivity contribution in [2.75, 3.05) is 13.1 Å². The van der Waals surface area contributed by atoms with Crippen molar-refractivity contribution in [3.05, 3.63) is 0 Å². The maximum absolute atomic E-state index is 12.3. The third-order valence-electron chi connectivity index (χ3n) is 3.51. The SMILES string of the molecule is CC(C)(C)OC(=O)N(C1CC(O)C1)[C@H]1CCNC1. The molecule has 2 rings (SSSR count). The van der Waals surface area contributed by atoms with Crippen molar-refractivity contribution >= 4 is 6.09 Å². The van der Waals surface area contributed by atoms with Gasteiger partial charge in [0.2, 0.25) is 0 Å². The molecule has 5 heteroatoms. The van der Waals surface area contributed by atoms with Gasteiger partial charge in [0.25, 0.3) is 0 Å². The Hall–Kier alpha value is -0.810. The van der Waals surface area contributed by atoms with Crippen LogP contribution in [-0.2, 0) is 4.74 Å². The van der Waals surface area contributed by atoms with Crippen molar-refractivity contribution < 1.29 is 14.6 Å². The maximum Gasteiger partial charge on any atom is 0.410 e. The van der Waals surface area contributed by atoms with Crippen LogP contribution in [0.4, 0.5) is 4.79 Å². The molecule has 1 atom stereocenters. The molecular formula is C13H24N2O3. The highest BCUT2D eigenvalue weighted by molar-refractivity contribution is 5.69. The lowest BCUT2D eigenvalue weighted by Crippen LogP contribution is -2.55. The first-order chi connectivity index (χ1) is 8.37. The Morgan fingerprint density at radius 3 is 2.44 bits per heavy atom. The van der Waals surface area contributed by atoms with E-state index >= 15 is 0 Å². The van der Waals surface area contributed by atoms with Crippen LogP contribution in [0.1, 0.15) is 40.0 Å². The number of carbonyl (C=O) groups excluding carboxylic acids is 1. The molecule has 104 valence electrons. The van der Waals surface area contributed by atoms with Gasteiger partial charge in [0.05, 0.1) is 6.10 Å². The van der Waals surface area contributed by atoms with Crippen molar-refractivity contribution in [1.29, 1.82) is 0 Å². The van der Waals surface area contributed by atoms with Crippen molar-refractivity contribution in [1.82, 2.24) is 10.2 Å². The topological polar surface area (TPSA) is 61.8 Å². The lowest BCUT2D eigenvalue weighted by atomic mass is 9.87. The Balaban J connectivity index is 2.01. The van der Waals surface area contributed by atoms with Gasteiger partial charge in [-0.2, -0.15) is 0 Å². The lowest BCUT2D eigenvalue weighted by Gasteiger charge is -2.43. The molecule has 1 heterocycles. The quantitative estimate of drug-likeness (QED) is 0.777. The number of nitrogens with one attached hydrogen (secondary N) is 1. The molecule has 1 aliphatic carbocycles. The van der Waals surface area contributed by atoms with Crippen LogP contribution >= 0.6 is 0 Å². The summed E-state index contributed by atoms with van der Waals surface area (Å²) in [5, 5.41) is 12.7. The average Bonchev–Trinajstić information content (AvgIpc) is 2.65. The van der Waals surface area contributed by atoms with E-state index in [1.54, 1.807) is 0 Å². The van der Waals surface area contributed by atoms with Crippen LogP contribution in [0, 0.1) is 0 Å². The highest BCUT2D eigenvalue weighted by Crippen LogP contribution is 2.30. The van der Waals surface area contributed by atoms with Crippen LogP contribution in [0.15, 0.2) is 0 Å². The van der Waals surface area contributed by atoms with E-state index in [9.17, 15) is 9.90 Å². The molecule has 1 amide bonds. The zero-order chi connectivity index (χ0) is 13.3. The molecule has 2 N–H and O–H groups in total. The van der Waals surface area contributed by atoms with Crippen molar-refractivity contribution in [2.24, 2.45) is 0 Å². The Bertz CT molecular complexity index is 302. The molecular weight excluding hydrogens is 232 g/mol. The van der Waals surface area contributed by atoms with Crippen molar-refractivity contribution in [2.45, 2.75) is 63.8 Å². The van der Waals surface area contributed by atoms with E-state index in [2.05, 4.69) is 5.32 Å². The van der Waals surface area contributed by atoms with E-state index in [4.69, 9.17) is 4.74 Å². The van der Waals surface area contributed by atoms with E-state index in [-0.39, 0.29) is 24.3 Å². The summed E-state index contributed by atoms with van der Waals surface area (Å²) >= 11 is 0. The highest BCUT2D eigenvalue weighted by atomic mass is 16.6. The number of nitrogens with zero attached hydrogens (tertiary/aromatic N) is 1. The van der Waals surface area contributed by atoms with E-state index in [0.29, 0.717) is 12.8 Å². The zero-order valence-electron chi connectivity index (χ0n) is 11.5. The van der Waals surface area contributed by atoms with Crippen LogP contribution in [0.5, 0.6) is 0 Å². The molecule has 0 spiro atoms. The number of ether oxygens (including phenoxy) is 1. The largest absolute Gasteiger partial charge is 0.444 e. The van der Waals surface area contributed by atoms with Gasteiger partial charge in [0.15, 0.2) is 0 Å². The van der Waals surface area contributed by atoms with Gasteiger partial charge in [-0.15, -0.1) is 0 Å². The number of hydrogen-bond donors (Lipinski definition) is 2. The second-order valence-corrected chi connectivity index (χ2v) is 6.31. The van der Waals surface area contributed by atoms with Crippen LogP contribution < -0.4 is 5.32 Å². The summed E-state index contributed by atoms with van der Waals surface area (Å²) in [6, 6.07) is 0.345. The van der Waals surface area contributed by atoms with Crippen LogP contribution in [0.25, 0.3) is 0 Å². The Labute approximate surface area is 108 Å². The lowest BCUT2D eigenvalue weighted by molar-refractivity contribution is -0.0355. The second-order valence-electron chi connectivity index (χ2n) is 6.31. The highest BCUT2D eigenvalue weighted by Gasteiger charge is 2.41. The summed E-state index contributed by atoms with van der Waals surface area (Å²) in [5.74, 6) is 0. The molecule has 1 aliphatic heterocycles. The molecule has 0 unspecified atom stereocenters. The standard InChI is InChI=1S/C13H24N2O3/c1-13(2,3)18-12(17)15(9-4-5-14-8-9)10-6-11(16)7-10/h9-11,14,16H,4-8H2,1-3H3/t9-,10?,11?/m0/s1. The Morgan fingerprint density at radius 1 is 1.33 bits per heavy atom. The van der Waals surface area contributed by atoms with Gasteiger partial charge in [0.1, 0.15) is 5.60 Å². The molecule has 0 radical (unpaired) electrons. The predicted molar refractivity (Wildman–Crippen MR) is 68.4 cm³/mol. The Kier molecular flexibility index (Phi) is 3.82. The fraction of sp³-hybridized carbons (Fsp3) is 0.923. The maximum atomic E-state index is 12.3. The minimum Gasteiger partial charge on any atom is -0.444 e. The number of aliphatic hydroxyl groups is 1. The summed E-state index contributed by atoms with van der Waals surface area (Å²) < 4.78 is 5.48. The number of aliphatic hydroxyl groups excluding tert-OH is 1. The van der Waals surface area contributed by atoms with E-state index in [0.717, 1.165) is 19.5 Å². The van der Waals surface area contributed by atoms with Crippen LogP contribution in [0.2, 0.25) is 0 Å². The number of amides is 1. The third-order valence-corrected chi connectivity index (χ3v) is 3.51. The summed E-state index contributed by atoms with van der Waals surface area (Å²) in [4.78, 5) is 14.1. The van der Waals surface area contributed by atoms with Crippen LogP contribution in [0.3, 0.4) is 0 Å². The first kappa shape index (κ1) is 13.6. The van der Waals surface area contributed by atoms with Gasteiger partial charge in [-0.1, -0.05) is 0 Å². The van der Waals surface area contributed by atoms with Gasteiger partial charge >= 0.3 is 6.09 Å². The van der Waals surface area contributed by atoms with Gasteiger partial charge in [-0.3, -0.25) is 0 Å². The number of hydrogen-bond acceptors (Lipinski definition) is 4. The normalized spacial score (nSPS) is 31.9. The van der Waals surface area contributed by atoms with Crippen molar-refractivity contribution in [3.8, 4) is 0 Å². The molecule has 0 bridgehead atoms. The molecule has 0 aromatic heterocycles. The number of carbonyl (C=O) groups is 1. The summed E-state index contributed by atoms with van der Waals surface area (Å²) in [7, 11) is 0. The molecule has 2 fully saturated rings. The average molecular weight is 256 g/mol. The minimum absolute atomic E-state index is 0.139. The molecule has 5 nitrogen and oxygen atoms in total. The van der Waals surface area contributed by atoms with Crippen LogP contribution in [-0.4, -0.2) is 53.0 Å². The van der Waals surface area contributed by atoms with E-state index in [1.165, 1.54) is 0 Å².